The summed E-state index contributed by atoms with van der Waals surface area (Å²) in [5.74, 6) is 4.93. The van der Waals surface area contributed by atoms with Crippen LogP contribution in [0, 0.1) is 5.41 Å². The minimum atomic E-state index is 0.281. The second kappa shape index (κ2) is 2.64. The molecule has 3 heteroatoms. The Hall–Kier alpha value is -0.120. The third kappa shape index (κ3) is 1.64. The molecule has 0 radical (unpaired) electrons. The molecule has 0 heterocycles. The van der Waals surface area contributed by atoms with Gasteiger partial charge in [0.05, 0.1) is 13.2 Å². The van der Waals surface area contributed by atoms with E-state index >= 15 is 0 Å². The molecular weight excluding hydrogens is 118 g/mol. The lowest BCUT2D eigenvalue weighted by Crippen LogP contribution is -2.18. The van der Waals surface area contributed by atoms with Gasteiger partial charge in [0.1, 0.15) is 0 Å². The first kappa shape index (κ1) is 6.99. The van der Waals surface area contributed by atoms with Crippen LogP contribution < -0.4 is 5.90 Å². The minimum absolute atomic E-state index is 0.281. The van der Waals surface area contributed by atoms with Crippen molar-refractivity contribution in [1.82, 2.24) is 0 Å². The lowest BCUT2D eigenvalue weighted by molar-refractivity contribution is 0.0455. The summed E-state index contributed by atoms with van der Waals surface area (Å²) < 4.78 is 4.99. The molecule has 0 amide bonds. The van der Waals surface area contributed by atoms with Crippen molar-refractivity contribution < 1.29 is 9.57 Å². The Morgan fingerprint density at radius 2 is 2.11 bits per heavy atom. The second-order valence-corrected chi connectivity index (χ2v) is 2.74. The Morgan fingerprint density at radius 3 is 2.44 bits per heavy atom. The Bertz CT molecular complexity index is 83.1. The zero-order valence-electron chi connectivity index (χ0n) is 5.72. The van der Waals surface area contributed by atoms with Gasteiger partial charge in [-0.2, -0.15) is 0 Å². The van der Waals surface area contributed by atoms with Gasteiger partial charge >= 0.3 is 0 Å². The van der Waals surface area contributed by atoms with Gasteiger partial charge in [0.2, 0.25) is 0 Å². The molecule has 0 unspecified atom stereocenters. The quantitative estimate of drug-likeness (QED) is 0.558. The van der Waals surface area contributed by atoms with Crippen LogP contribution in [0.4, 0.5) is 0 Å². The van der Waals surface area contributed by atoms with Crippen molar-refractivity contribution >= 4 is 0 Å². The standard InChI is InChI=1S/C6H13NO2/c1-8-4-6(2-3-6)5-9-7/h2-5,7H2,1H3. The van der Waals surface area contributed by atoms with Crippen LogP contribution in [-0.4, -0.2) is 20.3 Å². The van der Waals surface area contributed by atoms with E-state index < -0.39 is 0 Å². The van der Waals surface area contributed by atoms with E-state index in [4.69, 9.17) is 10.6 Å². The Morgan fingerprint density at radius 1 is 1.44 bits per heavy atom. The summed E-state index contributed by atoms with van der Waals surface area (Å²) >= 11 is 0. The summed E-state index contributed by atoms with van der Waals surface area (Å²) in [6, 6.07) is 0. The summed E-state index contributed by atoms with van der Waals surface area (Å²) in [7, 11) is 1.70. The first-order valence-corrected chi connectivity index (χ1v) is 3.14. The number of rotatable bonds is 4. The molecular formula is C6H13NO2. The lowest BCUT2D eigenvalue weighted by atomic mass is 10.1. The molecule has 3 nitrogen and oxygen atoms in total. The molecule has 0 saturated heterocycles. The van der Waals surface area contributed by atoms with Crippen molar-refractivity contribution in [3.63, 3.8) is 0 Å². The molecule has 2 N–H and O–H groups in total. The number of nitrogens with two attached hydrogens (primary N) is 1. The van der Waals surface area contributed by atoms with Crippen LogP contribution in [0.2, 0.25) is 0 Å². The maximum Gasteiger partial charge on any atom is 0.0757 e. The molecule has 1 aliphatic carbocycles. The highest BCUT2D eigenvalue weighted by atomic mass is 16.6. The van der Waals surface area contributed by atoms with E-state index in [-0.39, 0.29) is 5.41 Å². The van der Waals surface area contributed by atoms with E-state index in [0.717, 1.165) is 6.61 Å². The molecule has 0 aromatic rings. The maximum atomic E-state index is 4.99. The molecule has 0 aromatic carbocycles. The predicted molar refractivity (Wildman–Crippen MR) is 33.7 cm³/mol. The number of hydrogen-bond donors (Lipinski definition) is 1. The molecule has 0 bridgehead atoms. The second-order valence-electron chi connectivity index (χ2n) is 2.74. The molecule has 0 atom stereocenters. The Kier molecular flexibility index (Phi) is 2.05. The van der Waals surface area contributed by atoms with E-state index in [0.29, 0.717) is 6.61 Å². The fourth-order valence-electron chi connectivity index (χ4n) is 0.990. The van der Waals surface area contributed by atoms with Crippen molar-refractivity contribution in [3.05, 3.63) is 0 Å². The van der Waals surface area contributed by atoms with Crippen molar-refractivity contribution in [2.24, 2.45) is 11.3 Å². The summed E-state index contributed by atoms with van der Waals surface area (Å²) in [4.78, 5) is 4.54. The van der Waals surface area contributed by atoms with Crippen LogP contribution in [0.25, 0.3) is 0 Å². The molecule has 1 rings (SSSR count). The topological polar surface area (TPSA) is 44.5 Å². The zero-order valence-corrected chi connectivity index (χ0v) is 5.72. The summed E-state index contributed by atoms with van der Waals surface area (Å²) in [5, 5.41) is 0. The van der Waals surface area contributed by atoms with E-state index in [9.17, 15) is 0 Å². The van der Waals surface area contributed by atoms with Crippen LogP contribution in [0.1, 0.15) is 12.8 Å². The van der Waals surface area contributed by atoms with Crippen LogP contribution in [0.3, 0.4) is 0 Å². The number of hydrogen-bond acceptors (Lipinski definition) is 3. The Balaban J connectivity index is 2.17. The van der Waals surface area contributed by atoms with Gasteiger partial charge in [-0.05, 0) is 12.8 Å². The molecule has 0 spiro atoms. The largest absolute Gasteiger partial charge is 0.384 e. The molecule has 1 fully saturated rings. The van der Waals surface area contributed by atoms with Gasteiger partial charge in [-0.3, -0.25) is 0 Å². The average Bonchev–Trinajstić information content (AvgIpc) is 2.51. The number of ether oxygens (including phenoxy) is 1. The van der Waals surface area contributed by atoms with Crippen LogP contribution >= 0.6 is 0 Å². The van der Waals surface area contributed by atoms with E-state index in [1.165, 1.54) is 12.8 Å². The van der Waals surface area contributed by atoms with Gasteiger partial charge in [0.25, 0.3) is 0 Å². The zero-order chi connectivity index (χ0) is 6.74. The summed E-state index contributed by atoms with van der Waals surface area (Å²) in [6.45, 7) is 1.42. The SMILES string of the molecule is COCC1(CON)CC1. The van der Waals surface area contributed by atoms with E-state index in [1.807, 2.05) is 0 Å². The molecule has 1 saturated carbocycles. The molecule has 9 heavy (non-hydrogen) atoms. The van der Waals surface area contributed by atoms with Gasteiger partial charge in [0, 0.05) is 12.5 Å². The summed E-state index contributed by atoms with van der Waals surface area (Å²) in [6.07, 6.45) is 2.38. The van der Waals surface area contributed by atoms with Gasteiger partial charge in [0.15, 0.2) is 0 Å². The monoisotopic (exact) mass is 131 g/mol. The highest BCUT2D eigenvalue weighted by Gasteiger charge is 2.42. The third-order valence-electron chi connectivity index (χ3n) is 1.80. The first-order valence-electron chi connectivity index (χ1n) is 3.14. The summed E-state index contributed by atoms with van der Waals surface area (Å²) in [5.41, 5.74) is 0.281. The van der Waals surface area contributed by atoms with Gasteiger partial charge < -0.3 is 9.57 Å². The fourth-order valence-corrected chi connectivity index (χ4v) is 0.990. The van der Waals surface area contributed by atoms with Crippen molar-refractivity contribution in [1.29, 1.82) is 0 Å². The van der Waals surface area contributed by atoms with Crippen molar-refractivity contribution in [2.75, 3.05) is 20.3 Å². The average molecular weight is 131 g/mol. The highest BCUT2D eigenvalue weighted by molar-refractivity contribution is 4.92. The molecule has 1 aliphatic rings. The minimum Gasteiger partial charge on any atom is -0.384 e. The van der Waals surface area contributed by atoms with Gasteiger partial charge in [-0.25, -0.2) is 5.90 Å². The Labute approximate surface area is 55.1 Å². The smallest absolute Gasteiger partial charge is 0.0757 e. The normalized spacial score (nSPS) is 22.0. The first-order chi connectivity index (χ1) is 4.33. The van der Waals surface area contributed by atoms with Crippen molar-refractivity contribution in [3.8, 4) is 0 Å². The third-order valence-corrected chi connectivity index (χ3v) is 1.80. The maximum absolute atomic E-state index is 4.99. The predicted octanol–water partition coefficient (Wildman–Crippen LogP) is 0.303. The lowest BCUT2D eigenvalue weighted by Gasteiger charge is -2.10. The highest BCUT2D eigenvalue weighted by Crippen LogP contribution is 2.45. The number of methoxy groups -OCH3 is 1. The molecule has 0 aromatic heterocycles. The van der Waals surface area contributed by atoms with E-state index in [1.54, 1.807) is 7.11 Å². The van der Waals surface area contributed by atoms with Gasteiger partial charge in [-0.15, -0.1) is 0 Å². The van der Waals surface area contributed by atoms with Crippen LogP contribution in [0.15, 0.2) is 0 Å². The molecule has 0 aliphatic heterocycles. The van der Waals surface area contributed by atoms with Crippen LogP contribution in [-0.2, 0) is 9.57 Å². The van der Waals surface area contributed by atoms with Crippen molar-refractivity contribution in [2.45, 2.75) is 12.8 Å². The van der Waals surface area contributed by atoms with Crippen LogP contribution in [0.5, 0.6) is 0 Å². The fraction of sp³-hybridized carbons (Fsp3) is 1.00. The van der Waals surface area contributed by atoms with E-state index in [2.05, 4.69) is 4.84 Å². The van der Waals surface area contributed by atoms with Gasteiger partial charge in [-0.1, -0.05) is 0 Å². The molecule has 54 valence electrons.